The third-order valence-corrected chi connectivity index (χ3v) is 0. The van der Waals surface area contributed by atoms with Crippen molar-refractivity contribution >= 4 is 32.5 Å². The zero-order valence-electron chi connectivity index (χ0n) is 4.58. The summed E-state index contributed by atoms with van der Waals surface area (Å²) in [6, 6.07) is 0. The molecule has 7 nitrogen and oxygen atoms in total. The normalized spacial score (nSPS) is 8.60. The van der Waals surface area contributed by atoms with E-state index in [1.54, 1.807) is 0 Å². The van der Waals surface area contributed by atoms with E-state index in [-0.39, 0.29) is 17.4 Å². The molecule has 0 amide bonds. The van der Waals surface area contributed by atoms with E-state index in [4.69, 9.17) is 34.3 Å². The fourth-order valence-electron chi connectivity index (χ4n) is 0. The Morgan fingerprint density at radius 1 is 1.10 bits per heavy atom. The summed E-state index contributed by atoms with van der Waals surface area (Å²) in [7, 11) is -7.56. The van der Waals surface area contributed by atoms with E-state index in [1.807, 2.05) is 0 Å². The number of hydrogen-bond donors (Lipinski definition) is 3. The van der Waals surface area contributed by atoms with Gasteiger partial charge in [-0.1, -0.05) is 0 Å². The number of phosphoric acid groups is 1. The topological polar surface area (TPSA) is 147 Å². The second-order valence-electron chi connectivity index (χ2n) is 0.802. The van der Waals surface area contributed by atoms with Crippen LogP contribution in [0, 0.1) is 0 Å². The Balaban J connectivity index is -0.0000000910. The van der Waals surface area contributed by atoms with Crippen molar-refractivity contribution in [3.63, 3.8) is 0 Å². The minimum atomic E-state index is -4.64. The maximum atomic E-state index is 8.88. The Morgan fingerprint density at radius 3 is 1.10 bits per heavy atom. The minimum Gasteiger partial charge on any atom is -0.907 e. The monoisotopic (exact) mass is 184 g/mol. The van der Waals surface area contributed by atoms with Crippen LogP contribution in [0.25, 0.3) is 0 Å². The molecule has 0 unspecified atom stereocenters. The van der Waals surface area contributed by atoms with Gasteiger partial charge in [-0.15, -0.1) is 0 Å². The van der Waals surface area contributed by atoms with E-state index in [0.717, 1.165) is 0 Å². The van der Waals surface area contributed by atoms with Gasteiger partial charge in [-0.2, -0.15) is 0 Å². The van der Waals surface area contributed by atoms with Gasteiger partial charge >= 0.3 is 25.2 Å². The van der Waals surface area contributed by atoms with Crippen LogP contribution in [0.1, 0.15) is 0 Å². The Bertz CT molecular complexity index is 84.8. The van der Waals surface area contributed by atoms with Crippen molar-refractivity contribution in [1.82, 2.24) is 0 Å². The van der Waals surface area contributed by atoms with Gasteiger partial charge in [0.25, 0.3) is 0 Å². The van der Waals surface area contributed by atoms with Gasteiger partial charge in [0.05, 0.1) is 0 Å². The maximum absolute atomic E-state index is 8.88. The summed E-state index contributed by atoms with van der Waals surface area (Å²) in [5, 5.41) is 25.2. The van der Waals surface area contributed by atoms with E-state index in [0.29, 0.717) is 0 Å². The van der Waals surface area contributed by atoms with E-state index in [1.165, 1.54) is 0 Å². The van der Waals surface area contributed by atoms with Crippen molar-refractivity contribution in [3.8, 4) is 0 Å². The quantitative estimate of drug-likeness (QED) is 0.251. The first-order chi connectivity index (χ1) is 3.73. The second-order valence-corrected chi connectivity index (χ2v) is 1.83. The molecule has 0 saturated carbocycles. The molecule has 0 spiro atoms. The van der Waals surface area contributed by atoms with Crippen LogP contribution in [0.4, 0.5) is 0 Å². The fraction of sp³-hybridized carbons (Fsp3) is 0. The predicted octanol–water partition coefficient (Wildman–Crippen LogP) is -5.26. The molecule has 10 heteroatoms. The molecule has 0 radical (unpaired) electrons. The largest absolute Gasteiger partial charge is 3.00 e. The van der Waals surface area contributed by atoms with Crippen LogP contribution in [0.2, 0.25) is 0 Å². The molecule has 0 atom stereocenters. The molecule has 0 aliphatic carbocycles. The van der Waals surface area contributed by atoms with E-state index >= 15 is 0 Å². The smallest absolute Gasteiger partial charge is 0.907 e. The van der Waals surface area contributed by atoms with Crippen LogP contribution in [-0.2, 0) is 4.57 Å². The Kier molecular flexibility index (Phi) is 13.0. The van der Waals surface area contributed by atoms with Gasteiger partial charge in [0, 0.05) is 0 Å². The Hall–Kier alpha value is 0.587. The zero-order valence-corrected chi connectivity index (χ0v) is 6.63. The van der Waals surface area contributed by atoms with E-state index in [9.17, 15) is 0 Å². The van der Waals surface area contributed by atoms with Gasteiger partial charge in [-0.25, -0.2) is 4.57 Å². The van der Waals surface area contributed by atoms with Crippen LogP contribution in [-0.4, -0.2) is 39.4 Å². The molecule has 0 aromatic rings. The summed E-state index contributed by atoms with van der Waals surface area (Å²) in [4.78, 5) is 21.6. The predicted molar refractivity (Wildman–Crippen MR) is 25.8 cm³/mol. The molecule has 10 heavy (non-hydrogen) atoms. The molecule has 0 rings (SSSR count). The average molecular weight is 184 g/mol. The van der Waals surface area contributed by atoms with Gasteiger partial charge in [-0.3, -0.25) is 7.32 Å². The van der Waals surface area contributed by atoms with Crippen molar-refractivity contribution in [3.05, 3.63) is 0 Å². The van der Waals surface area contributed by atoms with Crippen molar-refractivity contribution in [2.75, 3.05) is 0 Å². The molecule has 0 aromatic carbocycles. The summed E-state index contributed by atoms with van der Waals surface area (Å²) in [5.74, 6) is 0. The van der Waals surface area contributed by atoms with Gasteiger partial charge < -0.3 is 29.8 Å². The van der Waals surface area contributed by atoms with Gasteiger partial charge in [0.15, 0.2) is 0 Å². The van der Waals surface area contributed by atoms with Crippen LogP contribution in [0.5, 0.6) is 0 Å². The SMILES string of the molecule is O=P(O)(O)O.[Al+3].[O-]B([O-])[O-]. The van der Waals surface area contributed by atoms with Crippen LogP contribution < -0.4 is 15.1 Å². The molecule has 0 saturated heterocycles. The molecule has 0 aliphatic rings. The third kappa shape index (κ3) is 1430. The van der Waals surface area contributed by atoms with Gasteiger partial charge in [0.2, 0.25) is 0 Å². The molecular formula is H3AlBO7P. The molecule has 0 heterocycles. The Labute approximate surface area is 67.5 Å². The molecule has 3 N–H and O–H groups in total. The number of rotatable bonds is 0. The van der Waals surface area contributed by atoms with Crippen molar-refractivity contribution in [2.24, 2.45) is 0 Å². The number of hydrogen-bond acceptors (Lipinski definition) is 4. The summed E-state index contributed by atoms with van der Waals surface area (Å²) in [6.45, 7) is 0. The minimum absolute atomic E-state index is 0. The van der Waals surface area contributed by atoms with Crippen LogP contribution in [0.3, 0.4) is 0 Å². The summed E-state index contributed by atoms with van der Waals surface area (Å²) >= 11 is 0. The zero-order chi connectivity index (χ0) is 8.08. The molecule has 56 valence electrons. The standard InChI is InChI=1S/Al.BO3.H3O4P/c;2-1(3)4;1-5(2,3)4/h;;(H3,1,2,3,4)/q+3;-3;. The molecule has 0 aliphatic heterocycles. The average Bonchev–Trinajstić information content (AvgIpc) is 1.19. The Morgan fingerprint density at radius 2 is 1.10 bits per heavy atom. The fourth-order valence-corrected chi connectivity index (χ4v) is 0. The van der Waals surface area contributed by atoms with E-state index in [2.05, 4.69) is 0 Å². The van der Waals surface area contributed by atoms with Crippen molar-refractivity contribution < 1.29 is 34.3 Å². The first-order valence-electron chi connectivity index (χ1n) is 1.49. The second kappa shape index (κ2) is 7.69. The molecule has 0 fully saturated rings. The molecule has 0 bridgehead atoms. The van der Waals surface area contributed by atoms with Crippen LogP contribution in [0.15, 0.2) is 0 Å². The van der Waals surface area contributed by atoms with Crippen LogP contribution >= 0.6 is 7.82 Å². The van der Waals surface area contributed by atoms with Crippen molar-refractivity contribution in [2.45, 2.75) is 0 Å². The summed E-state index contributed by atoms with van der Waals surface area (Å²) < 4.78 is 8.88. The molecular weight excluding hydrogens is 181 g/mol. The maximum Gasteiger partial charge on any atom is 3.00 e. The van der Waals surface area contributed by atoms with Gasteiger partial charge in [0.1, 0.15) is 0 Å². The molecule has 0 aromatic heterocycles. The first-order valence-corrected chi connectivity index (χ1v) is 3.05. The van der Waals surface area contributed by atoms with Gasteiger partial charge in [-0.05, 0) is 0 Å². The first kappa shape index (κ1) is 16.9. The summed E-state index contributed by atoms with van der Waals surface area (Å²) in [6.07, 6.45) is 0. The third-order valence-electron chi connectivity index (χ3n) is 0. The summed E-state index contributed by atoms with van der Waals surface area (Å²) in [5.41, 5.74) is 0. The van der Waals surface area contributed by atoms with Crippen molar-refractivity contribution in [1.29, 1.82) is 0 Å². The van der Waals surface area contributed by atoms with E-state index < -0.39 is 15.1 Å².